The van der Waals surface area contributed by atoms with Crippen molar-refractivity contribution in [2.75, 3.05) is 11.1 Å². The molecule has 8 heteroatoms. The normalized spacial score (nSPS) is 10.1. The molecule has 102 valence electrons. The van der Waals surface area contributed by atoms with Gasteiger partial charge in [0.25, 0.3) is 5.91 Å². The summed E-state index contributed by atoms with van der Waals surface area (Å²) in [6.45, 7) is 0. The SMILES string of the molecule is Nc1c(NC(=O)c2cccc(F)c2)cncc1[N+](=O)[O-]. The Labute approximate surface area is 112 Å². The minimum atomic E-state index is -0.708. The summed E-state index contributed by atoms with van der Waals surface area (Å²) in [5.41, 5.74) is 5.00. The van der Waals surface area contributed by atoms with Gasteiger partial charge >= 0.3 is 5.69 Å². The second-order valence-electron chi connectivity index (χ2n) is 3.84. The molecule has 0 atom stereocenters. The van der Waals surface area contributed by atoms with Gasteiger partial charge in [0.1, 0.15) is 17.7 Å². The Morgan fingerprint density at radius 1 is 1.40 bits per heavy atom. The lowest BCUT2D eigenvalue weighted by Crippen LogP contribution is -2.14. The quantitative estimate of drug-likeness (QED) is 0.657. The van der Waals surface area contributed by atoms with Crippen LogP contribution in [0.4, 0.5) is 21.5 Å². The molecule has 0 unspecified atom stereocenters. The van der Waals surface area contributed by atoms with Crippen LogP contribution in [0.1, 0.15) is 10.4 Å². The largest absolute Gasteiger partial charge is 0.391 e. The molecule has 0 saturated heterocycles. The molecule has 0 fully saturated rings. The summed E-state index contributed by atoms with van der Waals surface area (Å²) < 4.78 is 13.0. The molecule has 0 spiro atoms. The molecule has 1 aromatic heterocycles. The van der Waals surface area contributed by atoms with Crippen molar-refractivity contribution in [3.63, 3.8) is 0 Å². The number of pyridine rings is 1. The van der Waals surface area contributed by atoms with Gasteiger partial charge in [0.2, 0.25) is 0 Å². The second-order valence-corrected chi connectivity index (χ2v) is 3.84. The van der Waals surface area contributed by atoms with Crippen molar-refractivity contribution < 1.29 is 14.1 Å². The number of anilines is 2. The third-order valence-corrected chi connectivity index (χ3v) is 2.50. The number of amides is 1. The molecule has 2 rings (SSSR count). The molecule has 0 radical (unpaired) electrons. The zero-order valence-corrected chi connectivity index (χ0v) is 10.0. The van der Waals surface area contributed by atoms with E-state index in [1.807, 2.05) is 0 Å². The van der Waals surface area contributed by atoms with Crippen molar-refractivity contribution >= 4 is 23.0 Å². The predicted molar refractivity (Wildman–Crippen MR) is 69.7 cm³/mol. The fourth-order valence-electron chi connectivity index (χ4n) is 1.53. The summed E-state index contributed by atoms with van der Waals surface area (Å²) in [4.78, 5) is 25.5. The summed E-state index contributed by atoms with van der Waals surface area (Å²) in [6.07, 6.45) is 2.16. The summed E-state index contributed by atoms with van der Waals surface area (Å²) in [7, 11) is 0. The van der Waals surface area contributed by atoms with E-state index in [1.165, 1.54) is 24.4 Å². The molecule has 1 heterocycles. The van der Waals surface area contributed by atoms with Gasteiger partial charge < -0.3 is 11.1 Å². The number of nitrogen functional groups attached to an aromatic ring is 1. The lowest BCUT2D eigenvalue weighted by atomic mass is 10.2. The molecule has 0 saturated carbocycles. The van der Waals surface area contributed by atoms with E-state index < -0.39 is 22.3 Å². The Balaban J connectivity index is 2.29. The number of carbonyl (C=O) groups excluding carboxylic acids is 1. The third-order valence-electron chi connectivity index (χ3n) is 2.50. The second kappa shape index (κ2) is 5.31. The molecule has 0 aliphatic carbocycles. The van der Waals surface area contributed by atoms with Crippen LogP contribution in [0.3, 0.4) is 0 Å². The molecule has 3 N–H and O–H groups in total. The Kier molecular flexibility index (Phi) is 3.56. The maximum atomic E-state index is 13.0. The number of hydrogen-bond donors (Lipinski definition) is 2. The van der Waals surface area contributed by atoms with Crippen LogP contribution in [-0.4, -0.2) is 15.8 Å². The van der Waals surface area contributed by atoms with Gasteiger partial charge in [-0.25, -0.2) is 4.39 Å². The van der Waals surface area contributed by atoms with Gasteiger partial charge in [0.05, 0.1) is 16.8 Å². The maximum absolute atomic E-state index is 13.0. The number of aromatic nitrogens is 1. The molecule has 2 aromatic rings. The number of halogens is 1. The van der Waals surface area contributed by atoms with Crippen molar-refractivity contribution in [1.82, 2.24) is 4.98 Å². The maximum Gasteiger partial charge on any atom is 0.312 e. The first-order chi connectivity index (χ1) is 9.49. The number of carbonyl (C=O) groups is 1. The van der Waals surface area contributed by atoms with Gasteiger partial charge in [-0.2, -0.15) is 0 Å². The predicted octanol–water partition coefficient (Wildman–Crippen LogP) is 1.96. The van der Waals surface area contributed by atoms with E-state index in [2.05, 4.69) is 10.3 Å². The highest BCUT2D eigenvalue weighted by molar-refractivity contribution is 6.06. The molecule has 0 aliphatic rings. The van der Waals surface area contributed by atoms with Crippen LogP contribution < -0.4 is 11.1 Å². The van der Waals surface area contributed by atoms with Gasteiger partial charge in [-0.1, -0.05) is 6.07 Å². The van der Waals surface area contributed by atoms with Gasteiger partial charge in [-0.05, 0) is 18.2 Å². The van der Waals surface area contributed by atoms with Crippen molar-refractivity contribution in [3.05, 3.63) is 58.2 Å². The average Bonchev–Trinajstić information content (AvgIpc) is 2.40. The minimum absolute atomic E-state index is 0.00605. The number of nitrogens with two attached hydrogens (primary N) is 1. The van der Waals surface area contributed by atoms with E-state index in [1.54, 1.807) is 0 Å². The topological polar surface area (TPSA) is 111 Å². The van der Waals surface area contributed by atoms with Crippen LogP contribution in [0.25, 0.3) is 0 Å². The van der Waals surface area contributed by atoms with Crippen LogP contribution in [-0.2, 0) is 0 Å². The Hall–Kier alpha value is -3.03. The van der Waals surface area contributed by atoms with E-state index >= 15 is 0 Å². The van der Waals surface area contributed by atoms with E-state index in [0.717, 1.165) is 12.3 Å². The van der Waals surface area contributed by atoms with E-state index in [4.69, 9.17) is 5.73 Å². The zero-order chi connectivity index (χ0) is 14.7. The molecule has 0 bridgehead atoms. The van der Waals surface area contributed by atoms with Crippen LogP contribution in [0.2, 0.25) is 0 Å². The number of benzene rings is 1. The highest BCUT2D eigenvalue weighted by Gasteiger charge is 2.17. The van der Waals surface area contributed by atoms with Crippen LogP contribution in [0.5, 0.6) is 0 Å². The first-order valence-corrected chi connectivity index (χ1v) is 5.44. The molecule has 0 aliphatic heterocycles. The lowest BCUT2D eigenvalue weighted by molar-refractivity contribution is -0.384. The number of hydrogen-bond acceptors (Lipinski definition) is 5. The van der Waals surface area contributed by atoms with Crippen molar-refractivity contribution in [1.29, 1.82) is 0 Å². The highest BCUT2D eigenvalue weighted by Crippen LogP contribution is 2.27. The summed E-state index contributed by atoms with van der Waals surface area (Å²) >= 11 is 0. The first kappa shape index (κ1) is 13.4. The molecule has 1 aromatic carbocycles. The van der Waals surface area contributed by atoms with Gasteiger partial charge in [0.15, 0.2) is 0 Å². The van der Waals surface area contributed by atoms with Crippen molar-refractivity contribution in [2.24, 2.45) is 0 Å². The molecular weight excluding hydrogens is 267 g/mol. The summed E-state index contributed by atoms with van der Waals surface area (Å²) in [5, 5.41) is 13.0. The van der Waals surface area contributed by atoms with Gasteiger partial charge in [-0.3, -0.25) is 19.9 Å². The standard InChI is InChI=1S/C12H9FN4O3/c13-8-3-1-2-7(4-8)12(18)16-9-5-15-6-10(11(9)14)17(19)20/h1-6H,(H2,14,15)(H,16,18). The minimum Gasteiger partial charge on any atom is -0.391 e. The van der Waals surface area contributed by atoms with Crippen molar-refractivity contribution in [2.45, 2.75) is 0 Å². The smallest absolute Gasteiger partial charge is 0.312 e. The molecule has 20 heavy (non-hydrogen) atoms. The highest BCUT2D eigenvalue weighted by atomic mass is 19.1. The fourth-order valence-corrected chi connectivity index (χ4v) is 1.53. The summed E-state index contributed by atoms with van der Waals surface area (Å²) in [5.74, 6) is -1.21. The number of nitrogens with one attached hydrogen (secondary N) is 1. The lowest BCUT2D eigenvalue weighted by Gasteiger charge is -2.07. The zero-order valence-electron chi connectivity index (χ0n) is 10.0. The number of nitrogens with zero attached hydrogens (tertiary/aromatic N) is 2. The Bertz CT molecular complexity index is 690. The molecule has 7 nitrogen and oxygen atoms in total. The summed E-state index contributed by atoms with van der Waals surface area (Å²) in [6, 6.07) is 5.01. The molecular formula is C12H9FN4O3. The Morgan fingerprint density at radius 2 is 2.15 bits per heavy atom. The van der Waals surface area contributed by atoms with E-state index in [-0.39, 0.29) is 16.9 Å². The first-order valence-electron chi connectivity index (χ1n) is 5.44. The number of nitro groups is 1. The third kappa shape index (κ3) is 2.69. The van der Waals surface area contributed by atoms with E-state index in [0.29, 0.717) is 0 Å². The van der Waals surface area contributed by atoms with Gasteiger partial charge in [-0.15, -0.1) is 0 Å². The Morgan fingerprint density at radius 3 is 2.80 bits per heavy atom. The number of rotatable bonds is 3. The van der Waals surface area contributed by atoms with Crippen LogP contribution >= 0.6 is 0 Å². The molecule has 1 amide bonds. The fraction of sp³-hybridized carbons (Fsp3) is 0. The van der Waals surface area contributed by atoms with Gasteiger partial charge in [0, 0.05) is 5.56 Å². The monoisotopic (exact) mass is 276 g/mol. The van der Waals surface area contributed by atoms with E-state index in [9.17, 15) is 19.3 Å². The average molecular weight is 276 g/mol. The van der Waals surface area contributed by atoms with Crippen LogP contribution in [0.15, 0.2) is 36.7 Å². The van der Waals surface area contributed by atoms with Crippen molar-refractivity contribution in [3.8, 4) is 0 Å². The van der Waals surface area contributed by atoms with Crippen LogP contribution in [0, 0.1) is 15.9 Å².